The first-order valence-electron chi connectivity index (χ1n) is 9.11. The van der Waals surface area contributed by atoms with E-state index in [0.717, 1.165) is 22.7 Å². The Kier molecular flexibility index (Phi) is 6.03. The van der Waals surface area contributed by atoms with E-state index in [4.69, 9.17) is 10.1 Å². The quantitative estimate of drug-likeness (QED) is 0.317. The number of anilines is 2. The van der Waals surface area contributed by atoms with Gasteiger partial charge in [0.25, 0.3) is 0 Å². The second-order valence-corrected chi connectivity index (χ2v) is 7.75. The van der Waals surface area contributed by atoms with E-state index in [1.54, 1.807) is 12.1 Å². The van der Waals surface area contributed by atoms with Crippen LogP contribution in [-0.4, -0.2) is 21.4 Å². The maximum Gasteiger partial charge on any atom is 0.236 e. The molecule has 1 aromatic heterocycles. The minimum atomic E-state index is -0.525. The fourth-order valence-corrected chi connectivity index (χ4v) is 3.53. The Balaban J connectivity index is 1.83. The van der Waals surface area contributed by atoms with Crippen LogP contribution >= 0.6 is 11.5 Å². The van der Waals surface area contributed by atoms with Crippen LogP contribution in [0.25, 0.3) is 0 Å². The smallest absolute Gasteiger partial charge is 0.236 e. The highest BCUT2D eigenvalue weighted by molar-refractivity contribution is 7.11. The number of benzene rings is 2. The van der Waals surface area contributed by atoms with Gasteiger partial charge in [0.05, 0.1) is 0 Å². The fourth-order valence-electron chi connectivity index (χ4n) is 2.82. The zero-order valence-electron chi connectivity index (χ0n) is 16.6. The summed E-state index contributed by atoms with van der Waals surface area (Å²) < 4.78 is 24.3. The molecular formula is C21H23FN4O2S. The summed E-state index contributed by atoms with van der Waals surface area (Å²) in [5, 5.41) is 24.5. The van der Waals surface area contributed by atoms with Crippen LogP contribution in [0.1, 0.15) is 30.5 Å². The minimum absolute atomic E-state index is 0.0217. The molecule has 0 saturated carbocycles. The molecule has 1 heterocycles. The summed E-state index contributed by atoms with van der Waals surface area (Å²) >= 11 is 0.997. The van der Waals surface area contributed by atoms with Crippen LogP contribution in [0.4, 0.5) is 15.1 Å². The SMILES string of the molecule is Cc1cccc(C)c1Oc1ccc(Nc2snc(O)c2C(=N)NC(C)C)cc1F. The average Bonchev–Trinajstić information content (AvgIpc) is 2.99. The molecule has 2 aromatic carbocycles. The molecule has 6 nitrogen and oxygen atoms in total. The van der Waals surface area contributed by atoms with Crippen molar-refractivity contribution < 1.29 is 14.2 Å². The maximum atomic E-state index is 14.7. The first-order chi connectivity index (χ1) is 13.8. The average molecular weight is 415 g/mol. The molecule has 4 N–H and O–H groups in total. The Morgan fingerprint density at radius 1 is 1.21 bits per heavy atom. The third-order valence-corrected chi connectivity index (χ3v) is 4.92. The van der Waals surface area contributed by atoms with Crippen molar-refractivity contribution in [2.24, 2.45) is 0 Å². The predicted molar refractivity (Wildman–Crippen MR) is 115 cm³/mol. The standard InChI is InChI=1S/C21H23FN4O2S/c1-11(2)24-19(23)17-20(27)26-29-21(17)25-14-8-9-16(15(22)10-14)28-18-12(3)6-5-7-13(18)4/h5-11,25H,1-4H3,(H2,23,24)(H,26,27). The van der Waals surface area contributed by atoms with Crippen LogP contribution < -0.4 is 15.4 Å². The Morgan fingerprint density at radius 2 is 1.90 bits per heavy atom. The Morgan fingerprint density at radius 3 is 2.52 bits per heavy atom. The van der Waals surface area contributed by atoms with Crippen molar-refractivity contribution in [2.45, 2.75) is 33.7 Å². The number of nitrogens with zero attached hydrogens (tertiary/aromatic N) is 1. The number of rotatable bonds is 6. The lowest BCUT2D eigenvalue weighted by atomic mass is 10.1. The number of aromatic hydroxyl groups is 1. The van der Waals surface area contributed by atoms with Crippen molar-refractivity contribution in [3.63, 3.8) is 0 Å². The third kappa shape index (κ3) is 4.65. The van der Waals surface area contributed by atoms with Gasteiger partial charge >= 0.3 is 0 Å². The number of amidine groups is 1. The maximum absolute atomic E-state index is 14.7. The molecule has 0 atom stereocenters. The fraction of sp³-hybridized carbons (Fsp3) is 0.238. The summed E-state index contributed by atoms with van der Waals surface area (Å²) in [5.41, 5.74) is 2.55. The summed E-state index contributed by atoms with van der Waals surface area (Å²) in [6.07, 6.45) is 0. The van der Waals surface area contributed by atoms with Crippen LogP contribution in [-0.2, 0) is 0 Å². The molecule has 3 aromatic rings. The van der Waals surface area contributed by atoms with E-state index in [1.807, 2.05) is 45.9 Å². The van der Waals surface area contributed by atoms with E-state index in [2.05, 4.69) is 15.0 Å². The van der Waals surface area contributed by atoms with Crippen molar-refractivity contribution in [1.82, 2.24) is 9.69 Å². The van der Waals surface area contributed by atoms with Gasteiger partial charge in [-0.1, -0.05) is 18.2 Å². The second-order valence-electron chi connectivity index (χ2n) is 6.98. The van der Waals surface area contributed by atoms with Crippen molar-refractivity contribution in [3.8, 4) is 17.4 Å². The summed E-state index contributed by atoms with van der Waals surface area (Å²) in [7, 11) is 0. The normalized spacial score (nSPS) is 10.8. The van der Waals surface area contributed by atoms with Gasteiger partial charge in [0.1, 0.15) is 22.1 Å². The third-order valence-electron chi connectivity index (χ3n) is 4.17. The number of hydrogen-bond donors (Lipinski definition) is 4. The number of aromatic nitrogens is 1. The van der Waals surface area contributed by atoms with E-state index in [9.17, 15) is 9.50 Å². The summed E-state index contributed by atoms with van der Waals surface area (Å²) in [6.45, 7) is 7.60. The molecule has 29 heavy (non-hydrogen) atoms. The topological polar surface area (TPSA) is 90.3 Å². The lowest BCUT2D eigenvalue weighted by Gasteiger charge is -2.14. The number of hydrogen-bond acceptors (Lipinski definition) is 6. The van der Waals surface area contributed by atoms with Gasteiger partial charge in [0.2, 0.25) is 5.88 Å². The molecule has 0 bridgehead atoms. The Bertz CT molecular complexity index is 1030. The van der Waals surface area contributed by atoms with Gasteiger partial charge in [-0.15, -0.1) is 0 Å². The molecule has 0 aliphatic rings. The van der Waals surface area contributed by atoms with Crippen LogP contribution in [0.3, 0.4) is 0 Å². The molecule has 0 amide bonds. The molecule has 0 spiro atoms. The first-order valence-corrected chi connectivity index (χ1v) is 9.88. The van der Waals surface area contributed by atoms with Gasteiger partial charge in [0.15, 0.2) is 11.6 Å². The van der Waals surface area contributed by atoms with Gasteiger partial charge in [-0.25, -0.2) is 4.39 Å². The number of ether oxygens (including phenoxy) is 1. The second kappa shape index (κ2) is 8.48. The van der Waals surface area contributed by atoms with Crippen LogP contribution in [0.5, 0.6) is 17.4 Å². The Labute approximate surface area is 173 Å². The van der Waals surface area contributed by atoms with Crippen molar-refractivity contribution in [1.29, 1.82) is 5.41 Å². The number of nitrogens with one attached hydrogen (secondary N) is 3. The van der Waals surface area contributed by atoms with Gasteiger partial charge in [0, 0.05) is 17.8 Å². The minimum Gasteiger partial charge on any atom is -0.492 e. The van der Waals surface area contributed by atoms with Gasteiger partial charge in [-0.05, 0) is 62.5 Å². The van der Waals surface area contributed by atoms with Gasteiger partial charge in [-0.2, -0.15) is 4.37 Å². The number of para-hydroxylation sites is 1. The zero-order valence-corrected chi connectivity index (χ0v) is 17.4. The van der Waals surface area contributed by atoms with E-state index >= 15 is 0 Å². The molecule has 0 unspecified atom stereocenters. The van der Waals surface area contributed by atoms with E-state index in [0.29, 0.717) is 16.4 Å². The molecule has 0 aliphatic carbocycles. The van der Waals surface area contributed by atoms with Crippen molar-refractivity contribution >= 4 is 28.1 Å². The van der Waals surface area contributed by atoms with Crippen LogP contribution in [0, 0.1) is 25.1 Å². The number of halogens is 1. The summed E-state index contributed by atoms with van der Waals surface area (Å²) in [4.78, 5) is 0. The molecule has 0 saturated heterocycles. The lowest BCUT2D eigenvalue weighted by molar-refractivity contribution is 0.437. The molecule has 0 aliphatic heterocycles. The summed E-state index contributed by atoms with van der Waals surface area (Å²) in [6, 6.07) is 10.3. The number of aryl methyl sites for hydroxylation is 2. The van der Waals surface area contributed by atoms with Crippen molar-refractivity contribution in [3.05, 3.63) is 58.9 Å². The molecule has 8 heteroatoms. The van der Waals surface area contributed by atoms with E-state index in [-0.39, 0.29) is 29.1 Å². The van der Waals surface area contributed by atoms with Gasteiger partial charge < -0.3 is 20.5 Å². The van der Waals surface area contributed by atoms with Crippen LogP contribution in [0.2, 0.25) is 0 Å². The van der Waals surface area contributed by atoms with E-state index in [1.165, 1.54) is 6.07 Å². The highest BCUT2D eigenvalue weighted by Gasteiger charge is 2.19. The predicted octanol–water partition coefficient (Wildman–Crippen LogP) is 5.46. The highest BCUT2D eigenvalue weighted by Crippen LogP contribution is 2.35. The molecule has 0 radical (unpaired) electrons. The largest absolute Gasteiger partial charge is 0.492 e. The zero-order chi connectivity index (χ0) is 21.1. The lowest BCUT2D eigenvalue weighted by Crippen LogP contribution is -2.30. The van der Waals surface area contributed by atoms with Gasteiger partial charge in [-0.3, -0.25) is 5.41 Å². The first kappa shape index (κ1) is 20.6. The molecule has 0 fully saturated rings. The monoisotopic (exact) mass is 414 g/mol. The van der Waals surface area contributed by atoms with E-state index < -0.39 is 5.82 Å². The van der Waals surface area contributed by atoms with Crippen molar-refractivity contribution in [2.75, 3.05) is 5.32 Å². The molecule has 3 rings (SSSR count). The van der Waals surface area contributed by atoms with Crippen LogP contribution in [0.15, 0.2) is 36.4 Å². The summed E-state index contributed by atoms with van der Waals surface area (Å²) in [5.74, 6) is 0.0307. The molecule has 152 valence electrons. The molecular weight excluding hydrogens is 391 g/mol. The Hall–Kier alpha value is -3.13. The highest BCUT2D eigenvalue weighted by atomic mass is 32.1.